The zero-order valence-corrected chi connectivity index (χ0v) is 18.6. The van der Waals surface area contributed by atoms with E-state index in [2.05, 4.69) is 50.2 Å². The zero-order chi connectivity index (χ0) is 17.1. The lowest BCUT2D eigenvalue weighted by Crippen LogP contribution is -2.46. The average Bonchev–Trinajstić information content (AvgIpc) is 2.88. The van der Waals surface area contributed by atoms with Crippen molar-refractivity contribution in [2.45, 2.75) is 66.0 Å². The molecule has 0 aromatic rings. The van der Waals surface area contributed by atoms with Crippen LogP contribution in [0.15, 0.2) is 4.99 Å². The van der Waals surface area contributed by atoms with E-state index in [9.17, 15) is 0 Å². The van der Waals surface area contributed by atoms with Gasteiger partial charge in [-0.15, -0.1) is 24.0 Å². The normalized spacial score (nSPS) is 21.8. The van der Waals surface area contributed by atoms with Crippen LogP contribution in [-0.2, 0) is 4.74 Å². The molecule has 0 aromatic heterocycles. The van der Waals surface area contributed by atoms with Gasteiger partial charge in [-0.2, -0.15) is 0 Å². The molecule has 0 spiro atoms. The Morgan fingerprint density at radius 3 is 2.50 bits per heavy atom. The predicted molar refractivity (Wildman–Crippen MR) is 115 cm³/mol. The minimum Gasteiger partial charge on any atom is -0.381 e. The van der Waals surface area contributed by atoms with Crippen LogP contribution in [0.3, 0.4) is 0 Å². The standard InChI is InChI=1S/C18H38N4O.HI/c1-6-8-11-23-12-9-10-20-18(19-7-2)21-17-14-22(15(3)4)13-16(17)5;/h15-17H,6-14H2,1-5H3,(H2,19,20,21);1H. The smallest absolute Gasteiger partial charge is 0.191 e. The van der Waals surface area contributed by atoms with Gasteiger partial charge >= 0.3 is 0 Å². The second kappa shape index (κ2) is 14.1. The lowest BCUT2D eigenvalue weighted by atomic mass is 10.1. The highest BCUT2D eigenvalue weighted by atomic mass is 127. The summed E-state index contributed by atoms with van der Waals surface area (Å²) in [6.45, 7) is 16.8. The zero-order valence-electron chi connectivity index (χ0n) is 16.3. The van der Waals surface area contributed by atoms with Crippen LogP contribution in [0.4, 0.5) is 0 Å². The third kappa shape index (κ3) is 9.42. The molecule has 1 heterocycles. The molecule has 2 unspecified atom stereocenters. The van der Waals surface area contributed by atoms with Crippen molar-refractivity contribution in [2.75, 3.05) is 39.4 Å². The lowest BCUT2D eigenvalue weighted by molar-refractivity contribution is 0.130. The van der Waals surface area contributed by atoms with Gasteiger partial charge < -0.3 is 15.4 Å². The number of rotatable bonds is 10. The van der Waals surface area contributed by atoms with Crippen LogP contribution in [-0.4, -0.2) is 62.3 Å². The maximum atomic E-state index is 5.59. The van der Waals surface area contributed by atoms with E-state index in [1.807, 2.05) is 0 Å². The van der Waals surface area contributed by atoms with Crippen molar-refractivity contribution in [2.24, 2.45) is 10.9 Å². The molecule has 1 aliphatic heterocycles. The van der Waals surface area contributed by atoms with Gasteiger partial charge in [0.05, 0.1) is 0 Å². The lowest BCUT2D eigenvalue weighted by Gasteiger charge is -2.21. The van der Waals surface area contributed by atoms with E-state index in [-0.39, 0.29) is 24.0 Å². The van der Waals surface area contributed by atoms with Gasteiger partial charge in [-0.3, -0.25) is 9.89 Å². The molecule has 0 amide bonds. The van der Waals surface area contributed by atoms with Gasteiger partial charge in [0.15, 0.2) is 5.96 Å². The molecule has 1 aliphatic rings. The van der Waals surface area contributed by atoms with E-state index >= 15 is 0 Å². The Morgan fingerprint density at radius 2 is 1.92 bits per heavy atom. The number of ether oxygens (including phenoxy) is 1. The molecular weight excluding hydrogens is 415 g/mol. The fourth-order valence-electron chi connectivity index (χ4n) is 2.82. The molecule has 0 bridgehead atoms. The SMILES string of the molecule is CCCCOCCCN=C(NCC)NC1CN(C(C)C)CC1C.I. The van der Waals surface area contributed by atoms with E-state index in [0.29, 0.717) is 18.0 Å². The minimum absolute atomic E-state index is 0. The molecule has 0 aliphatic carbocycles. The first kappa shape index (κ1) is 23.9. The summed E-state index contributed by atoms with van der Waals surface area (Å²) in [5, 5.41) is 6.98. The molecule has 2 atom stereocenters. The summed E-state index contributed by atoms with van der Waals surface area (Å²) in [5.74, 6) is 1.60. The van der Waals surface area contributed by atoms with Crippen molar-refractivity contribution in [1.82, 2.24) is 15.5 Å². The first-order valence-electron chi connectivity index (χ1n) is 9.45. The highest BCUT2D eigenvalue weighted by Gasteiger charge is 2.31. The number of aliphatic imine (C=N–C) groups is 1. The third-order valence-electron chi connectivity index (χ3n) is 4.40. The van der Waals surface area contributed by atoms with Crippen LogP contribution in [0.5, 0.6) is 0 Å². The number of nitrogens with zero attached hydrogens (tertiary/aromatic N) is 2. The van der Waals surface area contributed by atoms with Gasteiger partial charge in [0.2, 0.25) is 0 Å². The van der Waals surface area contributed by atoms with Crippen LogP contribution in [0.2, 0.25) is 0 Å². The summed E-state index contributed by atoms with van der Waals surface area (Å²) < 4.78 is 5.59. The topological polar surface area (TPSA) is 48.9 Å². The molecule has 2 N–H and O–H groups in total. The molecule has 0 radical (unpaired) electrons. The second-order valence-corrected chi connectivity index (χ2v) is 6.86. The molecule has 1 rings (SSSR count). The second-order valence-electron chi connectivity index (χ2n) is 6.86. The van der Waals surface area contributed by atoms with Gasteiger partial charge in [0.1, 0.15) is 0 Å². The van der Waals surface area contributed by atoms with Crippen LogP contribution in [0.1, 0.15) is 53.9 Å². The van der Waals surface area contributed by atoms with Crippen molar-refractivity contribution >= 4 is 29.9 Å². The van der Waals surface area contributed by atoms with Crippen molar-refractivity contribution in [3.63, 3.8) is 0 Å². The van der Waals surface area contributed by atoms with E-state index in [4.69, 9.17) is 9.73 Å². The van der Waals surface area contributed by atoms with Crippen LogP contribution >= 0.6 is 24.0 Å². The number of guanidine groups is 1. The number of nitrogens with one attached hydrogen (secondary N) is 2. The highest BCUT2D eigenvalue weighted by Crippen LogP contribution is 2.18. The number of halogens is 1. The van der Waals surface area contributed by atoms with Crippen molar-refractivity contribution in [3.8, 4) is 0 Å². The maximum Gasteiger partial charge on any atom is 0.191 e. The molecular formula is C18H39IN4O. The summed E-state index contributed by atoms with van der Waals surface area (Å²) in [6.07, 6.45) is 3.33. The Labute approximate surface area is 166 Å². The van der Waals surface area contributed by atoms with Crippen molar-refractivity contribution < 1.29 is 4.74 Å². The number of unbranched alkanes of at least 4 members (excludes halogenated alkanes) is 1. The Bertz CT molecular complexity index is 339. The van der Waals surface area contributed by atoms with Crippen LogP contribution in [0, 0.1) is 5.92 Å². The Hall–Kier alpha value is -0.0800. The Morgan fingerprint density at radius 1 is 1.21 bits per heavy atom. The fourth-order valence-corrected chi connectivity index (χ4v) is 2.82. The number of hydrogen-bond donors (Lipinski definition) is 2. The number of likely N-dealkylation sites (tertiary alicyclic amines) is 1. The summed E-state index contributed by atoms with van der Waals surface area (Å²) in [5.41, 5.74) is 0. The van der Waals surface area contributed by atoms with Crippen LogP contribution in [0.25, 0.3) is 0 Å². The third-order valence-corrected chi connectivity index (χ3v) is 4.40. The van der Waals surface area contributed by atoms with Gasteiger partial charge in [0.25, 0.3) is 0 Å². The van der Waals surface area contributed by atoms with E-state index < -0.39 is 0 Å². The van der Waals surface area contributed by atoms with E-state index in [1.54, 1.807) is 0 Å². The van der Waals surface area contributed by atoms with Crippen LogP contribution < -0.4 is 10.6 Å². The first-order valence-corrected chi connectivity index (χ1v) is 9.45. The molecule has 1 saturated heterocycles. The summed E-state index contributed by atoms with van der Waals surface area (Å²) in [7, 11) is 0. The minimum atomic E-state index is 0. The van der Waals surface area contributed by atoms with Gasteiger partial charge in [0, 0.05) is 51.5 Å². The van der Waals surface area contributed by atoms with E-state index in [0.717, 1.165) is 51.6 Å². The first-order chi connectivity index (χ1) is 11.1. The molecule has 6 heteroatoms. The quantitative estimate of drug-likeness (QED) is 0.231. The predicted octanol–water partition coefficient (Wildman–Crippen LogP) is 3.10. The Kier molecular flexibility index (Phi) is 14.1. The molecule has 5 nitrogen and oxygen atoms in total. The van der Waals surface area contributed by atoms with Gasteiger partial charge in [-0.05, 0) is 39.5 Å². The van der Waals surface area contributed by atoms with Crippen molar-refractivity contribution in [1.29, 1.82) is 0 Å². The van der Waals surface area contributed by atoms with Gasteiger partial charge in [-0.25, -0.2) is 0 Å². The summed E-state index contributed by atoms with van der Waals surface area (Å²) >= 11 is 0. The molecule has 144 valence electrons. The van der Waals surface area contributed by atoms with E-state index in [1.165, 1.54) is 13.0 Å². The highest BCUT2D eigenvalue weighted by molar-refractivity contribution is 14.0. The fraction of sp³-hybridized carbons (Fsp3) is 0.944. The molecule has 0 aromatic carbocycles. The monoisotopic (exact) mass is 454 g/mol. The summed E-state index contributed by atoms with van der Waals surface area (Å²) in [6, 6.07) is 1.10. The molecule has 24 heavy (non-hydrogen) atoms. The maximum absolute atomic E-state index is 5.59. The Balaban J connectivity index is 0.00000529. The van der Waals surface area contributed by atoms with Gasteiger partial charge in [-0.1, -0.05) is 20.3 Å². The molecule has 1 fully saturated rings. The largest absolute Gasteiger partial charge is 0.381 e. The van der Waals surface area contributed by atoms with Crippen molar-refractivity contribution in [3.05, 3.63) is 0 Å². The molecule has 0 saturated carbocycles. The summed E-state index contributed by atoms with van der Waals surface area (Å²) in [4.78, 5) is 7.23. The number of hydrogen-bond acceptors (Lipinski definition) is 3. The average molecular weight is 454 g/mol.